The Bertz CT molecular complexity index is 749. The van der Waals surface area contributed by atoms with Crippen LogP contribution in [0.3, 0.4) is 0 Å². The van der Waals surface area contributed by atoms with Gasteiger partial charge in [0.05, 0.1) is 23.9 Å². The predicted molar refractivity (Wildman–Crippen MR) is 140 cm³/mol. The van der Waals surface area contributed by atoms with Crippen LogP contribution in [0.4, 0.5) is 0 Å². The summed E-state index contributed by atoms with van der Waals surface area (Å²) in [5.41, 5.74) is 3.06. The summed E-state index contributed by atoms with van der Waals surface area (Å²) in [6, 6.07) is 0. The van der Waals surface area contributed by atoms with Gasteiger partial charge in [0.2, 0.25) is 0 Å². The van der Waals surface area contributed by atoms with Crippen LogP contribution in [0, 0.1) is 17.3 Å². The van der Waals surface area contributed by atoms with Gasteiger partial charge in [-0.3, -0.25) is 0 Å². The van der Waals surface area contributed by atoms with E-state index in [-0.39, 0.29) is 11.5 Å². The van der Waals surface area contributed by atoms with Gasteiger partial charge in [0, 0.05) is 13.0 Å². The molecule has 0 amide bonds. The number of ether oxygens (including phenoxy) is 1. The third-order valence-electron chi connectivity index (χ3n) is 9.60. The Morgan fingerprint density at radius 1 is 1.18 bits per heavy atom. The minimum absolute atomic E-state index is 0.257. The van der Waals surface area contributed by atoms with E-state index in [1.165, 1.54) is 31.3 Å². The zero-order valence-electron chi connectivity index (χ0n) is 22.2. The molecule has 0 saturated heterocycles. The van der Waals surface area contributed by atoms with Gasteiger partial charge in [-0.1, -0.05) is 45.1 Å². The lowest BCUT2D eigenvalue weighted by Crippen LogP contribution is -2.38. The molecule has 194 valence electrons. The number of hydrogen-bond donors (Lipinski definition) is 3. The van der Waals surface area contributed by atoms with Crippen molar-refractivity contribution in [3.05, 3.63) is 35.5 Å². The Balaban J connectivity index is 1.58. The molecule has 4 heteroatoms. The van der Waals surface area contributed by atoms with Crippen LogP contribution < -0.4 is 0 Å². The van der Waals surface area contributed by atoms with Gasteiger partial charge in [-0.05, 0) is 106 Å². The highest BCUT2D eigenvalue weighted by Crippen LogP contribution is 2.58. The first-order valence-electron chi connectivity index (χ1n) is 13.9. The van der Waals surface area contributed by atoms with E-state index in [0.717, 1.165) is 56.3 Å². The van der Waals surface area contributed by atoms with Crippen molar-refractivity contribution in [1.82, 2.24) is 0 Å². The molecule has 3 fully saturated rings. The minimum Gasteiger partial charge on any atom is -0.393 e. The van der Waals surface area contributed by atoms with E-state index < -0.39 is 17.8 Å². The normalized spacial score (nSPS) is 35.7. The van der Waals surface area contributed by atoms with Crippen molar-refractivity contribution >= 4 is 0 Å². The molecule has 6 atom stereocenters. The van der Waals surface area contributed by atoms with Crippen LogP contribution in [0.1, 0.15) is 105 Å². The van der Waals surface area contributed by atoms with Crippen LogP contribution in [0.5, 0.6) is 0 Å². The zero-order valence-corrected chi connectivity index (χ0v) is 22.2. The van der Waals surface area contributed by atoms with Gasteiger partial charge in [0.25, 0.3) is 0 Å². The molecule has 0 bridgehead atoms. The number of aliphatic hydroxyl groups excluding tert-OH is 2. The molecule has 0 radical (unpaired) electrons. The van der Waals surface area contributed by atoms with E-state index in [9.17, 15) is 15.3 Å². The summed E-state index contributed by atoms with van der Waals surface area (Å²) in [5, 5.41) is 30.7. The largest absolute Gasteiger partial charge is 0.393 e. The highest BCUT2D eigenvalue weighted by atomic mass is 16.5. The molecular formula is C30H50O4. The average molecular weight is 475 g/mol. The van der Waals surface area contributed by atoms with Crippen molar-refractivity contribution in [2.45, 2.75) is 129 Å². The van der Waals surface area contributed by atoms with Crippen molar-refractivity contribution in [3.8, 4) is 0 Å². The Kier molecular flexibility index (Phi) is 9.65. The lowest BCUT2D eigenvalue weighted by Gasteiger charge is -2.44. The molecule has 3 aliphatic rings. The molecule has 4 nitrogen and oxygen atoms in total. The number of fused-ring (bicyclic) bond motifs is 1. The summed E-state index contributed by atoms with van der Waals surface area (Å²) in [6.07, 6.45) is 15.1. The van der Waals surface area contributed by atoms with E-state index in [1.54, 1.807) is 0 Å². The maximum atomic E-state index is 10.5. The Hall–Kier alpha value is -0.940. The van der Waals surface area contributed by atoms with E-state index in [4.69, 9.17) is 4.74 Å². The number of allylic oxidation sites excluding steroid dienone is 3. The van der Waals surface area contributed by atoms with Crippen LogP contribution in [-0.2, 0) is 4.74 Å². The lowest BCUT2D eigenvalue weighted by atomic mass is 9.62. The summed E-state index contributed by atoms with van der Waals surface area (Å²) < 4.78 is 6.37. The molecule has 0 heterocycles. The Morgan fingerprint density at radius 3 is 2.62 bits per heavy atom. The molecule has 0 aromatic rings. The predicted octanol–water partition coefficient (Wildman–Crippen LogP) is 6.25. The van der Waals surface area contributed by atoms with Crippen molar-refractivity contribution in [1.29, 1.82) is 0 Å². The fourth-order valence-electron chi connectivity index (χ4n) is 7.06. The van der Waals surface area contributed by atoms with Gasteiger partial charge < -0.3 is 20.1 Å². The van der Waals surface area contributed by atoms with Gasteiger partial charge >= 0.3 is 0 Å². The van der Waals surface area contributed by atoms with Gasteiger partial charge in [0.1, 0.15) is 0 Å². The molecular weight excluding hydrogens is 424 g/mol. The Labute approximate surface area is 208 Å². The van der Waals surface area contributed by atoms with E-state index in [0.29, 0.717) is 24.7 Å². The van der Waals surface area contributed by atoms with Crippen LogP contribution in [-0.4, -0.2) is 45.8 Å². The third-order valence-corrected chi connectivity index (χ3v) is 9.60. The summed E-state index contributed by atoms with van der Waals surface area (Å²) in [5.74, 6) is 1.16. The van der Waals surface area contributed by atoms with Crippen LogP contribution in [0.25, 0.3) is 0 Å². The van der Waals surface area contributed by atoms with Crippen LogP contribution >= 0.6 is 0 Å². The third kappa shape index (κ3) is 6.24. The second-order valence-electron chi connectivity index (χ2n) is 11.6. The monoisotopic (exact) mass is 474 g/mol. The second-order valence-corrected chi connectivity index (χ2v) is 11.6. The first-order valence-corrected chi connectivity index (χ1v) is 13.9. The number of hydrogen-bond acceptors (Lipinski definition) is 4. The molecule has 34 heavy (non-hydrogen) atoms. The zero-order chi connectivity index (χ0) is 24.9. The van der Waals surface area contributed by atoms with E-state index >= 15 is 0 Å². The smallest absolute Gasteiger partial charge is 0.0811 e. The van der Waals surface area contributed by atoms with E-state index in [2.05, 4.69) is 46.4 Å². The fourth-order valence-corrected chi connectivity index (χ4v) is 7.06. The standard InChI is InChI=1S/C30H50O4/c1-6-30(33,7-2)17-8-9-18-34-22(4)26-14-15-27-23(11-10-16-29(26,27)5)12-13-24-19-25(31)20-28(32)21(24)3/h12-13,22,25-28,31-33H,3,6-11,14-20H2,1-2,4-5H3/b23-12+,24-13-/t22-,25-,26-,27+,28+,29-/m1/s1. The van der Waals surface area contributed by atoms with Gasteiger partial charge in [-0.15, -0.1) is 0 Å². The quantitative estimate of drug-likeness (QED) is 0.327. The van der Waals surface area contributed by atoms with Gasteiger partial charge in [-0.2, -0.15) is 0 Å². The summed E-state index contributed by atoms with van der Waals surface area (Å²) in [6.45, 7) is 13.7. The van der Waals surface area contributed by atoms with Crippen LogP contribution in [0.15, 0.2) is 35.5 Å². The molecule has 0 aliphatic heterocycles. The highest BCUT2D eigenvalue weighted by Gasteiger charge is 2.51. The fraction of sp³-hybridized carbons (Fsp3) is 0.800. The molecule has 0 spiro atoms. The van der Waals surface area contributed by atoms with Crippen molar-refractivity contribution in [3.63, 3.8) is 0 Å². The lowest BCUT2D eigenvalue weighted by molar-refractivity contribution is -0.0289. The summed E-state index contributed by atoms with van der Waals surface area (Å²) in [7, 11) is 0. The molecule has 3 aliphatic carbocycles. The Morgan fingerprint density at radius 2 is 1.91 bits per heavy atom. The summed E-state index contributed by atoms with van der Waals surface area (Å²) >= 11 is 0. The number of aliphatic hydroxyl groups is 3. The van der Waals surface area contributed by atoms with Crippen molar-refractivity contribution < 1.29 is 20.1 Å². The molecule has 0 unspecified atom stereocenters. The molecule has 0 aromatic heterocycles. The van der Waals surface area contributed by atoms with Gasteiger partial charge in [0.15, 0.2) is 0 Å². The average Bonchev–Trinajstić information content (AvgIpc) is 3.17. The van der Waals surface area contributed by atoms with Crippen molar-refractivity contribution in [2.24, 2.45) is 17.3 Å². The maximum absolute atomic E-state index is 10.5. The molecule has 0 aromatic carbocycles. The maximum Gasteiger partial charge on any atom is 0.0811 e. The topological polar surface area (TPSA) is 69.9 Å². The van der Waals surface area contributed by atoms with Gasteiger partial charge in [-0.25, -0.2) is 0 Å². The molecule has 3 rings (SSSR count). The van der Waals surface area contributed by atoms with Crippen LogP contribution in [0.2, 0.25) is 0 Å². The number of rotatable bonds is 10. The highest BCUT2D eigenvalue weighted by molar-refractivity contribution is 5.38. The first-order chi connectivity index (χ1) is 16.1. The second kappa shape index (κ2) is 11.9. The SMILES string of the molecule is C=C1/C(=C\C=C2/CCC[C@]3(C)[C@@H]([C@@H](C)OCCCCC(O)(CC)CC)CC[C@@H]23)C[C@@H](O)C[C@@H]1O. The molecule has 3 N–H and O–H groups in total. The van der Waals surface area contributed by atoms with Crippen molar-refractivity contribution in [2.75, 3.05) is 6.61 Å². The number of unbranched alkanes of at least 4 members (excludes halogenated alkanes) is 1. The summed E-state index contributed by atoms with van der Waals surface area (Å²) in [4.78, 5) is 0. The minimum atomic E-state index is -0.628. The molecule has 3 saturated carbocycles. The first kappa shape index (κ1) is 27.6. The van der Waals surface area contributed by atoms with E-state index in [1.807, 2.05) is 0 Å².